The van der Waals surface area contributed by atoms with E-state index in [4.69, 9.17) is 9.47 Å². The van der Waals surface area contributed by atoms with E-state index in [-0.39, 0.29) is 25.0 Å². The minimum absolute atomic E-state index is 0.106. The molecule has 0 amide bonds. The highest BCUT2D eigenvalue weighted by Crippen LogP contribution is 2.21. The molecule has 1 heterocycles. The number of nitrogens with zero attached hydrogens (tertiary/aromatic N) is 1. The Morgan fingerprint density at radius 3 is 2.69 bits per heavy atom. The molecule has 0 aliphatic rings. The first kappa shape index (κ1) is 18.4. The SMILES string of the molecule is CSc1ccccc1C(=O)OCc1csc(COc2ccc(F)cc2)n1. The minimum atomic E-state index is -0.368. The molecule has 7 heteroatoms. The van der Waals surface area contributed by atoms with E-state index in [1.165, 1.54) is 35.2 Å². The van der Waals surface area contributed by atoms with Crippen LogP contribution >= 0.6 is 23.1 Å². The van der Waals surface area contributed by atoms with Crippen LogP contribution in [0.1, 0.15) is 21.1 Å². The molecule has 0 aliphatic carbocycles. The Balaban J connectivity index is 1.53. The second-order valence-corrected chi connectivity index (χ2v) is 7.04. The number of benzene rings is 2. The van der Waals surface area contributed by atoms with Crippen molar-refractivity contribution in [2.75, 3.05) is 6.26 Å². The summed E-state index contributed by atoms with van der Waals surface area (Å²) in [4.78, 5) is 17.5. The van der Waals surface area contributed by atoms with Crippen molar-refractivity contribution in [2.24, 2.45) is 0 Å². The first-order valence-corrected chi connectivity index (χ1v) is 9.88. The third-order valence-electron chi connectivity index (χ3n) is 3.45. The van der Waals surface area contributed by atoms with Crippen molar-refractivity contribution in [2.45, 2.75) is 18.1 Å². The van der Waals surface area contributed by atoms with Gasteiger partial charge in [-0.15, -0.1) is 23.1 Å². The molecule has 2 aromatic carbocycles. The highest BCUT2D eigenvalue weighted by molar-refractivity contribution is 7.98. The largest absolute Gasteiger partial charge is 0.486 e. The summed E-state index contributed by atoms with van der Waals surface area (Å²) in [6, 6.07) is 13.1. The van der Waals surface area contributed by atoms with Crippen molar-refractivity contribution in [3.05, 3.63) is 76.0 Å². The van der Waals surface area contributed by atoms with E-state index in [0.717, 1.165) is 9.90 Å². The van der Waals surface area contributed by atoms with Crippen molar-refractivity contribution in [3.8, 4) is 5.75 Å². The van der Waals surface area contributed by atoms with Gasteiger partial charge in [0.15, 0.2) is 0 Å². The maximum absolute atomic E-state index is 12.9. The number of hydrogen-bond donors (Lipinski definition) is 0. The summed E-state index contributed by atoms with van der Waals surface area (Å²) in [5.74, 6) is -0.103. The summed E-state index contributed by atoms with van der Waals surface area (Å²) in [6.07, 6.45) is 1.92. The van der Waals surface area contributed by atoms with E-state index >= 15 is 0 Å². The van der Waals surface area contributed by atoms with Gasteiger partial charge in [0.1, 0.15) is 29.8 Å². The molecule has 3 rings (SSSR count). The Labute approximate surface area is 159 Å². The van der Waals surface area contributed by atoms with Gasteiger partial charge in [-0.1, -0.05) is 12.1 Å². The van der Waals surface area contributed by atoms with Crippen LogP contribution in [0.25, 0.3) is 0 Å². The molecule has 26 heavy (non-hydrogen) atoms. The van der Waals surface area contributed by atoms with Gasteiger partial charge in [0.25, 0.3) is 0 Å². The Morgan fingerprint density at radius 1 is 1.15 bits per heavy atom. The standard InChI is InChI=1S/C19H16FNO3S2/c1-25-17-5-3-2-4-16(17)19(22)24-10-14-12-26-18(21-14)11-23-15-8-6-13(20)7-9-15/h2-9,12H,10-11H2,1H3. The van der Waals surface area contributed by atoms with Gasteiger partial charge >= 0.3 is 5.97 Å². The molecule has 1 aromatic heterocycles. The average molecular weight is 389 g/mol. The Kier molecular flexibility index (Phi) is 6.25. The van der Waals surface area contributed by atoms with Crippen LogP contribution in [-0.4, -0.2) is 17.2 Å². The Morgan fingerprint density at radius 2 is 1.92 bits per heavy atom. The number of thiazole rings is 1. The molecule has 0 spiro atoms. The zero-order valence-electron chi connectivity index (χ0n) is 14.0. The summed E-state index contributed by atoms with van der Waals surface area (Å²) >= 11 is 2.92. The van der Waals surface area contributed by atoms with Crippen molar-refractivity contribution in [1.82, 2.24) is 4.98 Å². The summed E-state index contributed by atoms with van der Waals surface area (Å²) in [5.41, 5.74) is 1.22. The predicted octanol–water partition coefficient (Wildman–Crippen LogP) is 4.94. The fraction of sp³-hybridized carbons (Fsp3) is 0.158. The van der Waals surface area contributed by atoms with Gasteiger partial charge in [0.05, 0.1) is 11.3 Å². The van der Waals surface area contributed by atoms with Crippen LogP contribution in [0, 0.1) is 5.82 Å². The zero-order valence-corrected chi connectivity index (χ0v) is 15.6. The number of carbonyl (C=O) groups excluding carboxylic acids is 1. The first-order valence-electron chi connectivity index (χ1n) is 7.77. The van der Waals surface area contributed by atoms with Crippen molar-refractivity contribution >= 4 is 29.1 Å². The van der Waals surface area contributed by atoms with Crippen molar-refractivity contribution in [3.63, 3.8) is 0 Å². The lowest BCUT2D eigenvalue weighted by Crippen LogP contribution is -2.07. The fourth-order valence-electron chi connectivity index (χ4n) is 2.19. The third kappa shape index (κ3) is 4.83. The van der Waals surface area contributed by atoms with Crippen LogP contribution < -0.4 is 4.74 Å². The lowest BCUT2D eigenvalue weighted by atomic mass is 10.2. The maximum Gasteiger partial charge on any atom is 0.339 e. The molecule has 0 atom stereocenters. The number of esters is 1. The second kappa shape index (κ2) is 8.82. The molecule has 0 saturated heterocycles. The van der Waals surface area contributed by atoms with Crippen molar-refractivity contribution in [1.29, 1.82) is 0 Å². The van der Waals surface area contributed by atoms with Crippen LogP contribution in [0.4, 0.5) is 4.39 Å². The highest BCUT2D eigenvalue weighted by atomic mass is 32.2. The van der Waals surface area contributed by atoms with Crippen LogP contribution in [0.3, 0.4) is 0 Å². The number of rotatable bonds is 7. The van der Waals surface area contributed by atoms with Crippen LogP contribution in [0.2, 0.25) is 0 Å². The lowest BCUT2D eigenvalue weighted by Gasteiger charge is -2.06. The molecule has 0 fully saturated rings. The van der Waals surface area contributed by atoms with E-state index in [1.54, 1.807) is 18.2 Å². The number of aromatic nitrogens is 1. The van der Waals surface area contributed by atoms with Gasteiger partial charge in [-0.05, 0) is 42.7 Å². The molecule has 0 bridgehead atoms. The Bertz CT molecular complexity index is 881. The monoisotopic (exact) mass is 389 g/mol. The molecule has 0 radical (unpaired) electrons. The lowest BCUT2D eigenvalue weighted by molar-refractivity contribution is 0.0464. The van der Waals surface area contributed by atoms with E-state index in [1.807, 2.05) is 29.8 Å². The van der Waals surface area contributed by atoms with Gasteiger partial charge < -0.3 is 9.47 Å². The van der Waals surface area contributed by atoms with E-state index in [0.29, 0.717) is 17.0 Å². The summed E-state index contributed by atoms with van der Waals surface area (Å²) in [6.45, 7) is 0.383. The maximum atomic E-state index is 12.9. The summed E-state index contributed by atoms with van der Waals surface area (Å²) in [7, 11) is 0. The molecule has 0 unspecified atom stereocenters. The molecular formula is C19H16FNO3S2. The molecule has 0 saturated carbocycles. The van der Waals surface area contributed by atoms with Gasteiger partial charge in [-0.3, -0.25) is 0 Å². The predicted molar refractivity (Wildman–Crippen MR) is 100 cm³/mol. The van der Waals surface area contributed by atoms with E-state index in [2.05, 4.69) is 4.98 Å². The molecule has 0 aliphatic heterocycles. The zero-order chi connectivity index (χ0) is 18.4. The van der Waals surface area contributed by atoms with Gasteiger partial charge in [0, 0.05) is 10.3 Å². The van der Waals surface area contributed by atoms with Gasteiger partial charge in [-0.2, -0.15) is 0 Å². The number of halogens is 1. The summed E-state index contributed by atoms with van der Waals surface area (Å²) < 4.78 is 23.8. The third-order valence-corrected chi connectivity index (χ3v) is 5.12. The topological polar surface area (TPSA) is 48.4 Å². The fourth-order valence-corrected chi connectivity index (χ4v) is 3.46. The van der Waals surface area contributed by atoms with Crippen LogP contribution in [0.5, 0.6) is 5.75 Å². The van der Waals surface area contributed by atoms with E-state index < -0.39 is 0 Å². The van der Waals surface area contributed by atoms with E-state index in [9.17, 15) is 9.18 Å². The normalized spacial score (nSPS) is 10.5. The van der Waals surface area contributed by atoms with Crippen molar-refractivity contribution < 1.29 is 18.7 Å². The summed E-state index contributed by atoms with van der Waals surface area (Å²) in [5, 5.41) is 2.58. The number of thioether (sulfide) groups is 1. The van der Waals surface area contributed by atoms with Gasteiger partial charge in [-0.25, -0.2) is 14.2 Å². The highest BCUT2D eigenvalue weighted by Gasteiger charge is 2.13. The molecule has 4 nitrogen and oxygen atoms in total. The minimum Gasteiger partial charge on any atom is -0.486 e. The quantitative estimate of drug-likeness (QED) is 0.423. The first-order chi connectivity index (χ1) is 12.7. The average Bonchev–Trinajstić information content (AvgIpc) is 3.13. The Hall–Kier alpha value is -2.38. The molecule has 134 valence electrons. The smallest absolute Gasteiger partial charge is 0.339 e. The number of ether oxygens (including phenoxy) is 2. The molecular weight excluding hydrogens is 373 g/mol. The molecule has 0 N–H and O–H groups in total. The van der Waals surface area contributed by atoms with Gasteiger partial charge in [0.2, 0.25) is 0 Å². The second-order valence-electron chi connectivity index (χ2n) is 5.25. The number of carbonyl (C=O) groups is 1. The number of hydrogen-bond acceptors (Lipinski definition) is 6. The molecule has 3 aromatic rings. The van der Waals surface area contributed by atoms with Crippen LogP contribution in [-0.2, 0) is 18.0 Å². The van der Waals surface area contributed by atoms with Crippen LogP contribution in [0.15, 0.2) is 58.8 Å².